The van der Waals surface area contributed by atoms with E-state index >= 15 is 0 Å². The van der Waals surface area contributed by atoms with Gasteiger partial charge in [0.1, 0.15) is 0 Å². The molecule has 0 N–H and O–H groups in total. The minimum absolute atomic E-state index is 0.124. The SMILES string of the molecule is CC(C)CN1CCN(C(=O)C(C)C)C(C)C1. The third-order valence-corrected chi connectivity index (χ3v) is 3.11. The average Bonchev–Trinajstić information content (AvgIpc) is 2.15. The molecule has 1 fully saturated rings. The smallest absolute Gasteiger partial charge is 0.225 e. The molecule has 1 atom stereocenters. The van der Waals surface area contributed by atoms with E-state index in [1.165, 1.54) is 0 Å². The van der Waals surface area contributed by atoms with E-state index in [0.29, 0.717) is 17.9 Å². The number of rotatable bonds is 3. The number of piperazine rings is 1. The molecule has 94 valence electrons. The molecule has 0 aromatic heterocycles. The van der Waals surface area contributed by atoms with Gasteiger partial charge in [0.2, 0.25) is 5.91 Å². The van der Waals surface area contributed by atoms with E-state index in [1.54, 1.807) is 0 Å². The van der Waals surface area contributed by atoms with E-state index in [0.717, 1.165) is 26.2 Å². The summed E-state index contributed by atoms with van der Waals surface area (Å²) >= 11 is 0. The zero-order valence-corrected chi connectivity index (χ0v) is 11.4. The van der Waals surface area contributed by atoms with E-state index in [2.05, 4.69) is 25.7 Å². The van der Waals surface area contributed by atoms with E-state index in [-0.39, 0.29) is 5.92 Å². The van der Waals surface area contributed by atoms with Gasteiger partial charge in [-0.2, -0.15) is 0 Å². The van der Waals surface area contributed by atoms with Gasteiger partial charge in [0.15, 0.2) is 0 Å². The second-order valence-corrected chi connectivity index (χ2v) is 5.69. The summed E-state index contributed by atoms with van der Waals surface area (Å²) in [7, 11) is 0. The van der Waals surface area contributed by atoms with Gasteiger partial charge in [-0.25, -0.2) is 0 Å². The van der Waals surface area contributed by atoms with Crippen LogP contribution in [-0.2, 0) is 4.79 Å². The van der Waals surface area contributed by atoms with E-state index < -0.39 is 0 Å². The highest BCUT2D eigenvalue weighted by Crippen LogP contribution is 2.14. The van der Waals surface area contributed by atoms with Gasteiger partial charge in [-0.15, -0.1) is 0 Å². The van der Waals surface area contributed by atoms with Gasteiger partial charge >= 0.3 is 0 Å². The van der Waals surface area contributed by atoms with E-state index in [4.69, 9.17) is 0 Å². The molecule has 1 heterocycles. The van der Waals surface area contributed by atoms with Crippen LogP contribution in [0.4, 0.5) is 0 Å². The Morgan fingerprint density at radius 3 is 2.31 bits per heavy atom. The highest BCUT2D eigenvalue weighted by Gasteiger charge is 2.28. The van der Waals surface area contributed by atoms with Gasteiger partial charge in [0.25, 0.3) is 0 Å². The van der Waals surface area contributed by atoms with Crippen molar-refractivity contribution in [3.63, 3.8) is 0 Å². The number of hydrogen-bond donors (Lipinski definition) is 0. The Kier molecular flexibility index (Phi) is 4.78. The normalized spacial score (nSPS) is 23.2. The predicted molar refractivity (Wildman–Crippen MR) is 67.3 cm³/mol. The topological polar surface area (TPSA) is 23.6 Å². The molecule has 0 aromatic rings. The van der Waals surface area contributed by atoms with E-state index in [9.17, 15) is 4.79 Å². The van der Waals surface area contributed by atoms with Crippen LogP contribution in [-0.4, -0.2) is 47.9 Å². The van der Waals surface area contributed by atoms with Crippen molar-refractivity contribution in [1.29, 1.82) is 0 Å². The molecular formula is C13H26N2O. The van der Waals surface area contributed by atoms with E-state index in [1.807, 2.05) is 18.7 Å². The van der Waals surface area contributed by atoms with Gasteiger partial charge in [-0.3, -0.25) is 9.69 Å². The van der Waals surface area contributed by atoms with Gasteiger partial charge in [0.05, 0.1) is 0 Å². The predicted octanol–water partition coefficient (Wildman–Crippen LogP) is 1.83. The van der Waals surface area contributed by atoms with Crippen molar-refractivity contribution < 1.29 is 4.79 Å². The summed E-state index contributed by atoms with van der Waals surface area (Å²) in [6.07, 6.45) is 0. The Labute approximate surface area is 99.8 Å². The highest BCUT2D eigenvalue weighted by atomic mass is 16.2. The third kappa shape index (κ3) is 3.48. The van der Waals surface area contributed by atoms with Crippen LogP contribution in [0.1, 0.15) is 34.6 Å². The quantitative estimate of drug-likeness (QED) is 0.733. The molecule has 0 saturated carbocycles. The number of carbonyl (C=O) groups excluding carboxylic acids is 1. The minimum Gasteiger partial charge on any atom is -0.337 e. The van der Waals surface area contributed by atoms with Gasteiger partial charge in [-0.1, -0.05) is 27.7 Å². The van der Waals surface area contributed by atoms with Crippen molar-refractivity contribution in [3.8, 4) is 0 Å². The maximum atomic E-state index is 11.9. The van der Waals surface area contributed by atoms with Gasteiger partial charge < -0.3 is 4.90 Å². The molecule has 1 amide bonds. The van der Waals surface area contributed by atoms with Crippen LogP contribution in [0, 0.1) is 11.8 Å². The second kappa shape index (κ2) is 5.67. The fraction of sp³-hybridized carbons (Fsp3) is 0.923. The van der Waals surface area contributed by atoms with Gasteiger partial charge in [0, 0.05) is 38.1 Å². The molecule has 3 nitrogen and oxygen atoms in total. The Balaban J connectivity index is 2.49. The number of nitrogens with zero attached hydrogens (tertiary/aromatic N) is 2. The number of amides is 1. The zero-order valence-electron chi connectivity index (χ0n) is 11.4. The van der Waals surface area contributed by atoms with Crippen LogP contribution in [0.2, 0.25) is 0 Å². The van der Waals surface area contributed by atoms with Crippen LogP contribution < -0.4 is 0 Å². The van der Waals surface area contributed by atoms with Crippen LogP contribution in [0.15, 0.2) is 0 Å². The fourth-order valence-corrected chi connectivity index (χ4v) is 2.37. The molecule has 3 heteroatoms. The summed E-state index contributed by atoms with van der Waals surface area (Å²) in [6.45, 7) is 14.7. The summed E-state index contributed by atoms with van der Waals surface area (Å²) in [5, 5.41) is 0. The monoisotopic (exact) mass is 226 g/mol. The fourth-order valence-electron chi connectivity index (χ4n) is 2.37. The Morgan fingerprint density at radius 2 is 1.88 bits per heavy atom. The van der Waals surface area contributed by atoms with Crippen molar-refractivity contribution in [2.45, 2.75) is 40.7 Å². The lowest BCUT2D eigenvalue weighted by Gasteiger charge is -2.41. The first-order valence-corrected chi connectivity index (χ1v) is 6.44. The lowest BCUT2D eigenvalue weighted by molar-refractivity contribution is -0.139. The Hall–Kier alpha value is -0.570. The first kappa shape index (κ1) is 13.5. The maximum Gasteiger partial charge on any atom is 0.225 e. The van der Waals surface area contributed by atoms with Crippen LogP contribution in [0.3, 0.4) is 0 Å². The molecular weight excluding hydrogens is 200 g/mol. The molecule has 0 aromatic carbocycles. The molecule has 0 radical (unpaired) electrons. The van der Waals surface area contributed by atoms with Crippen molar-refractivity contribution in [1.82, 2.24) is 9.80 Å². The van der Waals surface area contributed by atoms with Crippen LogP contribution >= 0.6 is 0 Å². The Bertz CT molecular complexity index is 238. The first-order chi connectivity index (χ1) is 7.41. The van der Waals surface area contributed by atoms with Crippen molar-refractivity contribution in [2.24, 2.45) is 11.8 Å². The van der Waals surface area contributed by atoms with Crippen molar-refractivity contribution in [2.75, 3.05) is 26.2 Å². The summed E-state index contributed by atoms with van der Waals surface area (Å²) in [5.74, 6) is 1.13. The number of hydrogen-bond acceptors (Lipinski definition) is 2. The molecule has 1 saturated heterocycles. The molecule has 16 heavy (non-hydrogen) atoms. The average molecular weight is 226 g/mol. The molecule has 0 bridgehead atoms. The van der Waals surface area contributed by atoms with Crippen molar-refractivity contribution >= 4 is 5.91 Å². The summed E-state index contributed by atoms with van der Waals surface area (Å²) in [6, 6.07) is 0.363. The van der Waals surface area contributed by atoms with Gasteiger partial charge in [-0.05, 0) is 12.8 Å². The summed E-state index contributed by atoms with van der Waals surface area (Å²) < 4.78 is 0. The van der Waals surface area contributed by atoms with Crippen LogP contribution in [0.5, 0.6) is 0 Å². The van der Waals surface area contributed by atoms with Crippen LogP contribution in [0.25, 0.3) is 0 Å². The largest absolute Gasteiger partial charge is 0.337 e. The molecule has 1 unspecified atom stereocenters. The summed E-state index contributed by atoms with van der Waals surface area (Å²) in [4.78, 5) is 16.5. The van der Waals surface area contributed by atoms with Crippen molar-refractivity contribution in [3.05, 3.63) is 0 Å². The lowest BCUT2D eigenvalue weighted by Crippen LogP contribution is -2.55. The number of carbonyl (C=O) groups is 1. The highest BCUT2D eigenvalue weighted by molar-refractivity contribution is 5.78. The second-order valence-electron chi connectivity index (χ2n) is 5.69. The lowest BCUT2D eigenvalue weighted by atomic mass is 10.1. The third-order valence-electron chi connectivity index (χ3n) is 3.11. The molecule has 1 rings (SSSR count). The first-order valence-electron chi connectivity index (χ1n) is 6.44. The molecule has 0 spiro atoms. The summed E-state index contributed by atoms with van der Waals surface area (Å²) in [5.41, 5.74) is 0. The maximum absolute atomic E-state index is 11.9. The molecule has 0 aliphatic carbocycles. The molecule has 1 aliphatic heterocycles. The Morgan fingerprint density at radius 1 is 1.25 bits per heavy atom. The zero-order chi connectivity index (χ0) is 12.3. The standard InChI is InChI=1S/C13H26N2O/c1-10(2)8-14-6-7-15(12(5)9-14)13(16)11(3)4/h10-12H,6-9H2,1-5H3. The minimum atomic E-state index is 0.124. The molecule has 1 aliphatic rings.